The van der Waals surface area contributed by atoms with Crippen molar-refractivity contribution in [1.29, 1.82) is 0 Å². The number of thioether (sulfide) groups is 1. The van der Waals surface area contributed by atoms with Crippen LogP contribution in [-0.4, -0.2) is 60.7 Å². The number of aliphatic hydroxyl groups is 1. The zero-order chi connectivity index (χ0) is 22.4. The summed E-state index contributed by atoms with van der Waals surface area (Å²) in [6.07, 6.45) is 6.04. The molecule has 31 heavy (non-hydrogen) atoms. The fourth-order valence-electron chi connectivity index (χ4n) is 3.98. The van der Waals surface area contributed by atoms with Gasteiger partial charge in [-0.15, -0.1) is 16.2 Å². The third kappa shape index (κ3) is 5.02. The average Bonchev–Trinajstić information content (AvgIpc) is 3.19. The topological polar surface area (TPSA) is 104 Å². The zero-order valence-electron chi connectivity index (χ0n) is 17.6. The van der Waals surface area contributed by atoms with E-state index in [1.807, 2.05) is 49.4 Å². The molecule has 3 rings (SSSR count). The summed E-state index contributed by atoms with van der Waals surface area (Å²) in [5.74, 6) is 0.538. The van der Waals surface area contributed by atoms with E-state index in [2.05, 4.69) is 0 Å². The van der Waals surface area contributed by atoms with Gasteiger partial charge in [0.25, 0.3) is 10.0 Å². The summed E-state index contributed by atoms with van der Waals surface area (Å²) in [6, 6.07) is 9.26. The minimum Gasteiger partial charge on any atom is -0.392 e. The van der Waals surface area contributed by atoms with Crippen molar-refractivity contribution in [3.05, 3.63) is 48.0 Å². The van der Waals surface area contributed by atoms with Gasteiger partial charge in [-0.1, -0.05) is 36.4 Å². The first kappa shape index (κ1) is 23.9. The fraction of sp³-hybridized carbons (Fsp3) is 0.409. The Balaban J connectivity index is 2.20. The van der Waals surface area contributed by atoms with Crippen LogP contribution in [0.5, 0.6) is 0 Å². The van der Waals surface area contributed by atoms with E-state index in [0.717, 1.165) is 18.2 Å². The Bertz CT molecular complexity index is 1060. The number of benzene rings is 2. The van der Waals surface area contributed by atoms with Gasteiger partial charge in [0.15, 0.2) is 0 Å². The van der Waals surface area contributed by atoms with Gasteiger partial charge in [0, 0.05) is 35.3 Å². The van der Waals surface area contributed by atoms with Crippen LogP contribution in [0, 0.1) is 0 Å². The monoisotopic (exact) mass is 463 g/mol. The maximum Gasteiger partial charge on any atom is 0.257 e. The molecule has 1 aliphatic heterocycles. The minimum atomic E-state index is -4.09. The summed E-state index contributed by atoms with van der Waals surface area (Å²) in [7, 11) is -4.09. The Labute approximate surface area is 187 Å². The molecule has 9 heteroatoms. The second-order valence-corrected chi connectivity index (χ2v) is 10.3. The first-order chi connectivity index (χ1) is 15.0. The molecule has 2 aromatic carbocycles. The summed E-state index contributed by atoms with van der Waals surface area (Å²) in [5.41, 5.74) is 5.87. The summed E-state index contributed by atoms with van der Waals surface area (Å²) in [4.78, 5) is 12.1. The number of hydrazine groups is 1. The van der Waals surface area contributed by atoms with E-state index in [1.165, 1.54) is 16.2 Å². The molecule has 0 spiro atoms. The predicted molar refractivity (Wildman–Crippen MR) is 124 cm³/mol. The number of sulfonamides is 1. The molecule has 0 amide bonds. The smallest absolute Gasteiger partial charge is 0.257 e. The van der Waals surface area contributed by atoms with Crippen LogP contribution in [0.3, 0.4) is 0 Å². The number of nitrogens with zero attached hydrogens (tertiary/aromatic N) is 2. The highest BCUT2D eigenvalue weighted by Gasteiger charge is 2.38. The van der Waals surface area contributed by atoms with Gasteiger partial charge >= 0.3 is 0 Å². The van der Waals surface area contributed by atoms with Crippen molar-refractivity contribution in [2.75, 3.05) is 25.4 Å². The first-order valence-electron chi connectivity index (χ1n) is 10.3. The van der Waals surface area contributed by atoms with Crippen molar-refractivity contribution in [3.8, 4) is 0 Å². The van der Waals surface area contributed by atoms with Gasteiger partial charge in [-0.2, -0.15) is 0 Å². The first-order valence-corrected chi connectivity index (χ1v) is 12.7. The van der Waals surface area contributed by atoms with Crippen LogP contribution >= 0.6 is 11.8 Å². The van der Waals surface area contributed by atoms with Crippen LogP contribution in [0.4, 0.5) is 0 Å². The Morgan fingerprint density at radius 2 is 2.10 bits per heavy atom. The Hall–Kier alpha value is -1.75. The summed E-state index contributed by atoms with van der Waals surface area (Å²) >= 11 is 1.37. The molecule has 1 heterocycles. The molecule has 1 fully saturated rings. The van der Waals surface area contributed by atoms with Crippen LogP contribution < -0.4 is 5.73 Å². The van der Waals surface area contributed by atoms with Crippen molar-refractivity contribution in [3.63, 3.8) is 0 Å². The van der Waals surface area contributed by atoms with Gasteiger partial charge in [0.1, 0.15) is 11.2 Å². The van der Waals surface area contributed by atoms with E-state index < -0.39 is 16.6 Å². The highest BCUT2D eigenvalue weighted by atomic mass is 32.2. The molecule has 1 saturated heterocycles. The van der Waals surface area contributed by atoms with Crippen LogP contribution in [0.25, 0.3) is 10.8 Å². The van der Waals surface area contributed by atoms with E-state index in [4.69, 9.17) is 5.73 Å². The number of hydrogen-bond acceptors (Lipinski definition) is 7. The normalized spacial score (nSPS) is 17.9. The molecule has 0 saturated carbocycles. The van der Waals surface area contributed by atoms with Crippen LogP contribution in [0.15, 0.2) is 52.3 Å². The molecule has 3 N–H and O–H groups in total. The molecule has 0 aliphatic carbocycles. The van der Waals surface area contributed by atoms with Gasteiger partial charge in [-0.3, -0.25) is 0 Å². The number of nitrogens with two attached hydrogens (primary N) is 1. The largest absolute Gasteiger partial charge is 0.392 e. The molecular formula is C22H29N3O4S2. The van der Waals surface area contributed by atoms with Gasteiger partial charge in [0.2, 0.25) is 0 Å². The lowest BCUT2D eigenvalue weighted by Crippen LogP contribution is -2.49. The van der Waals surface area contributed by atoms with Gasteiger partial charge in [-0.05, 0) is 36.6 Å². The highest BCUT2D eigenvalue weighted by molar-refractivity contribution is 8.00. The predicted octanol–water partition coefficient (Wildman–Crippen LogP) is 2.53. The average molecular weight is 464 g/mol. The molecular weight excluding hydrogens is 434 g/mol. The number of carbonyl (C=O) groups is 1. The SMILES string of the molecule is CC1CCCN1N(CC=O)S(=O)(=O)c1c(SCC=CCN)cc2ccccc2c1CO. The van der Waals surface area contributed by atoms with Crippen molar-refractivity contribution >= 4 is 38.8 Å². The highest BCUT2D eigenvalue weighted by Crippen LogP contribution is 2.38. The number of rotatable bonds is 10. The molecule has 1 atom stereocenters. The lowest BCUT2D eigenvalue weighted by molar-refractivity contribution is -0.110. The molecule has 1 aliphatic rings. The number of fused-ring (bicyclic) bond motifs is 1. The lowest BCUT2D eigenvalue weighted by atomic mass is 10.1. The fourth-order valence-corrected chi connectivity index (χ4v) is 7.14. The molecule has 0 aromatic heterocycles. The van der Waals surface area contributed by atoms with Crippen molar-refractivity contribution in [2.24, 2.45) is 5.73 Å². The van der Waals surface area contributed by atoms with Crippen molar-refractivity contribution in [1.82, 2.24) is 9.42 Å². The third-order valence-electron chi connectivity index (χ3n) is 5.44. The molecule has 0 bridgehead atoms. The molecule has 0 radical (unpaired) electrons. The van der Waals surface area contributed by atoms with Crippen molar-refractivity contribution < 1.29 is 18.3 Å². The van der Waals surface area contributed by atoms with E-state index >= 15 is 0 Å². The maximum atomic E-state index is 14.0. The van der Waals surface area contributed by atoms with Gasteiger partial charge in [-0.25, -0.2) is 13.4 Å². The lowest BCUT2D eigenvalue weighted by Gasteiger charge is -2.33. The summed E-state index contributed by atoms with van der Waals surface area (Å²) in [5, 5.41) is 13.5. The minimum absolute atomic E-state index is 0.0105. The zero-order valence-corrected chi connectivity index (χ0v) is 19.2. The standard InChI is InChI=1S/C22H29N3O4S2/c1-17-7-6-11-24(17)25(12-13-26)31(28,29)22-20(16-27)19-9-3-2-8-18(19)15-21(22)30-14-5-4-10-23/h2-5,8-9,13,15,17,27H,6-7,10-12,14,16,23H2,1H3. The van der Waals surface area contributed by atoms with E-state index in [-0.39, 0.29) is 17.5 Å². The molecule has 7 nitrogen and oxygen atoms in total. The molecule has 1 unspecified atom stereocenters. The Kier molecular flexibility index (Phi) is 8.26. The van der Waals surface area contributed by atoms with Crippen LogP contribution in [-0.2, 0) is 21.4 Å². The summed E-state index contributed by atoms with van der Waals surface area (Å²) < 4.78 is 29.1. The van der Waals surface area contributed by atoms with E-state index in [1.54, 1.807) is 5.01 Å². The van der Waals surface area contributed by atoms with Gasteiger partial charge in [0.05, 0.1) is 13.2 Å². The quantitative estimate of drug-likeness (QED) is 0.317. The number of carbonyl (C=O) groups excluding carboxylic acids is 1. The van der Waals surface area contributed by atoms with Crippen molar-refractivity contribution in [2.45, 2.75) is 42.2 Å². The third-order valence-corrected chi connectivity index (χ3v) is 8.45. The van der Waals surface area contributed by atoms with Crippen LogP contribution in [0.2, 0.25) is 0 Å². The second-order valence-electron chi connectivity index (χ2n) is 7.41. The number of aldehydes is 1. The Morgan fingerprint density at radius 1 is 1.32 bits per heavy atom. The van der Waals surface area contributed by atoms with E-state index in [0.29, 0.717) is 41.0 Å². The van der Waals surface area contributed by atoms with Gasteiger partial charge < -0.3 is 15.6 Å². The summed E-state index contributed by atoms with van der Waals surface area (Å²) in [6.45, 7) is 2.25. The Morgan fingerprint density at radius 3 is 2.74 bits per heavy atom. The van der Waals surface area contributed by atoms with E-state index in [9.17, 15) is 18.3 Å². The molecule has 168 valence electrons. The number of hydrogen-bond donors (Lipinski definition) is 2. The molecule has 2 aromatic rings. The van der Waals surface area contributed by atoms with Crippen LogP contribution in [0.1, 0.15) is 25.3 Å². The second kappa shape index (κ2) is 10.7. The number of aliphatic hydroxyl groups excluding tert-OH is 1. The maximum absolute atomic E-state index is 14.0.